The van der Waals surface area contributed by atoms with Crippen molar-refractivity contribution in [1.29, 1.82) is 0 Å². The first kappa shape index (κ1) is 25.1. The molecule has 1 aromatic heterocycles. The van der Waals surface area contributed by atoms with Crippen molar-refractivity contribution in [2.45, 2.75) is 25.9 Å². The van der Waals surface area contributed by atoms with Crippen LogP contribution in [0.15, 0.2) is 65.5 Å². The largest absolute Gasteiger partial charge is 0.491 e. The summed E-state index contributed by atoms with van der Waals surface area (Å²) in [5, 5.41) is 4.38. The molecule has 1 unspecified atom stereocenters. The molecule has 0 bridgehead atoms. The van der Waals surface area contributed by atoms with Crippen LogP contribution in [0, 0.1) is 5.92 Å². The zero-order valence-electron chi connectivity index (χ0n) is 20.8. The molecule has 2 aromatic rings. The van der Waals surface area contributed by atoms with Gasteiger partial charge < -0.3 is 24.3 Å². The Balaban J connectivity index is 1.57. The van der Waals surface area contributed by atoms with E-state index in [9.17, 15) is 0 Å². The molecule has 0 radical (unpaired) electrons. The minimum atomic E-state index is -0.0958. The minimum Gasteiger partial charge on any atom is -0.491 e. The molecule has 1 N–H and O–H groups in total. The summed E-state index contributed by atoms with van der Waals surface area (Å²) in [6, 6.07) is 10.2. The highest BCUT2D eigenvalue weighted by Gasteiger charge is 2.21. The number of aliphatic imine (C=N–C) groups is 1. The maximum atomic E-state index is 6.33. The summed E-state index contributed by atoms with van der Waals surface area (Å²) >= 11 is 0. The van der Waals surface area contributed by atoms with Gasteiger partial charge in [-0.05, 0) is 43.2 Å². The molecular weight excluding hydrogens is 442 g/mol. The predicted octanol–water partition coefficient (Wildman–Crippen LogP) is 4.55. The highest BCUT2D eigenvalue weighted by molar-refractivity contribution is 6.01. The summed E-state index contributed by atoms with van der Waals surface area (Å²) in [6.07, 6.45) is 9.96. The zero-order chi connectivity index (χ0) is 24.5. The van der Waals surface area contributed by atoms with Crippen LogP contribution in [0.25, 0.3) is 16.5 Å². The average molecular weight is 478 g/mol. The molecule has 35 heavy (non-hydrogen) atoms. The van der Waals surface area contributed by atoms with Crippen LogP contribution in [0.1, 0.15) is 25.5 Å². The van der Waals surface area contributed by atoms with E-state index < -0.39 is 0 Å². The molecule has 0 spiro atoms. The molecule has 1 aliphatic carbocycles. The molecule has 0 amide bonds. The van der Waals surface area contributed by atoms with Crippen molar-refractivity contribution in [2.24, 2.45) is 10.9 Å². The number of hydrogen-bond acceptors (Lipinski definition) is 7. The fraction of sp³-hybridized carbons (Fsp3) is 0.429. The smallest absolute Gasteiger partial charge is 0.146 e. The maximum absolute atomic E-state index is 6.33. The fourth-order valence-corrected chi connectivity index (χ4v) is 4.24. The number of ether oxygens (including phenoxy) is 4. The third kappa shape index (κ3) is 6.57. The van der Waals surface area contributed by atoms with E-state index in [4.69, 9.17) is 28.9 Å². The summed E-state index contributed by atoms with van der Waals surface area (Å²) in [7, 11) is 3.36. The number of benzene rings is 1. The third-order valence-electron chi connectivity index (χ3n) is 6.09. The van der Waals surface area contributed by atoms with Crippen LogP contribution in [0.2, 0.25) is 0 Å². The normalized spacial score (nSPS) is 18.3. The molecule has 1 aromatic carbocycles. The van der Waals surface area contributed by atoms with E-state index in [-0.39, 0.29) is 12.0 Å². The number of hydrogen-bond donors (Lipinski definition) is 1. The molecule has 0 fully saturated rings. The van der Waals surface area contributed by atoms with E-state index in [1.807, 2.05) is 30.5 Å². The van der Waals surface area contributed by atoms with Crippen LogP contribution >= 0.6 is 0 Å². The predicted molar refractivity (Wildman–Crippen MR) is 140 cm³/mol. The van der Waals surface area contributed by atoms with E-state index in [2.05, 4.69) is 36.5 Å². The van der Waals surface area contributed by atoms with Gasteiger partial charge in [0.1, 0.15) is 29.7 Å². The number of allylic oxidation sites excluding steroid dienone is 4. The Kier molecular flexibility index (Phi) is 9.06. The lowest BCUT2D eigenvalue weighted by atomic mass is 9.91. The number of likely N-dealkylation sites (N-methyl/N-ethyl adjacent to an activating group) is 1. The summed E-state index contributed by atoms with van der Waals surface area (Å²) in [5.41, 5.74) is 3.92. The highest BCUT2D eigenvalue weighted by atomic mass is 16.5. The zero-order valence-corrected chi connectivity index (χ0v) is 20.8. The number of nitrogens with one attached hydrogen (secondary N) is 1. The molecule has 2 atom stereocenters. The van der Waals surface area contributed by atoms with Crippen LogP contribution < -0.4 is 10.1 Å². The summed E-state index contributed by atoms with van der Waals surface area (Å²) in [4.78, 5) is 9.83. The van der Waals surface area contributed by atoms with E-state index in [0.29, 0.717) is 26.4 Å². The first-order chi connectivity index (χ1) is 17.2. The van der Waals surface area contributed by atoms with Crippen molar-refractivity contribution in [1.82, 2.24) is 10.3 Å². The Morgan fingerprint density at radius 2 is 2.03 bits per heavy atom. The Hall–Kier alpha value is -3.00. The second-order valence-electron chi connectivity index (χ2n) is 8.63. The molecule has 2 aliphatic rings. The number of methoxy groups -OCH3 is 2. The van der Waals surface area contributed by atoms with Gasteiger partial charge >= 0.3 is 0 Å². The van der Waals surface area contributed by atoms with Crippen molar-refractivity contribution in [3.8, 4) is 5.75 Å². The topological polar surface area (TPSA) is 74.2 Å². The molecule has 186 valence electrons. The molecule has 0 saturated heterocycles. The van der Waals surface area contributed by atoms with E-state index >= 15 is 0 Å². The van der Waals surface area contributed by atoms with Gasteiger partial charge in [0.05, 0.1) is 24.6 Å². The lowest BCUT2D eigenvalue weighted by Crippen LogP contribution is -2.34. The molecule has 4 rings (SSSR count). The maximum Gasteiger partial charge on any atom is 0.146 e. The summed E-state index contributed by atoms with van der Waals surface area (Å²) in [5.74, 6) is 1.86. The average Bonchev–Trinajstić information content (AvgIpc) is 3.10. The lowest BCUT2D eigenvalue weighted by molar-refractivity contribution is 0.0818. The fourth-order valence-electron chi connectivity index (χ4n) is 4.24. The number of pyridine rings is 1. The van der Waals surface area contributed by atoms with Crippen molar-refractivity contribution in [3.05, 3.63) is 66.2 Å². The standard InChI is InChI=1S/C28H35N3O4/c1-4-29-18-24(19-33-3)35-27-7-5-6-21-11-13-25(31-28(21)27)22-9-8-20-10-12-23(34-15-14-32-2)16-26(20)30-17-22/h5-7,10-13,16-17,20,24,29H,4,8-9,14-15,18-19H2,1-3H3/t20?,24-/m1/s1. The van der Waals surface area contributed by atoms with Gasteiger partial charge in [0.15, 0.2) is 0 Å². The van der Waals surface area contributed by atoms with E-state index in [1.165, 1.54) is 0 Å². The lowest BCUT2D eigenvalue weighted by Gasteiger charge is -2.20. The first-order valence-corrected chi connectivity index (χ1v) is 12.3. The number of nitrogens with zero attached hydrogens (tertiary/aromatic N) is 2. The number of aromatic nitrogens is 1. The quantitative estimate of drug-likeness (QED) is 0.452. The summed E-state index contributed by atoms with van der Waals surface area (Å²) in [6.45, 7) is 5.26. The van der Waals surface area contributed by atoms with Gasteiger partial charge in [-0.3, -0.25) is 4.99 Å². The van der Waals surface area contributed by atoms with Gasteiger partial charge in [0.25, 0.3) is 0 Å². The monoisotopic (exact) mass is 477 g/mol. The van der Waals surface area contributed by atoms with Gasteiger partial charge in [-0.1, -0.05) is 31.2 Å². The summed E-state index contributed by atoms with van der Waals surface area (Å²) < 4.78 is 22.5. The Morgan fingerprint density at radius 1 is 1.11 bits per heavy atom. The van der Waals surface area contributed by atoms with Crippen LogP contribution in [-0.2, 0) is 14.2 Å². The van der Waals surface area contributed by atoms with Gasteiger partial charge in [-0.15, -0.1) is 0 Å². The van der Waals surface area contributed by atoms with Crippen molar-refractivity contribution < 1.29 is 18.9 Å². The van der Waals surface area contributed by atoms with E-state index in [0.717, 1.165) is 58.8 Å². The highest BCUT2D eigenvalue weighted by Crippen LogP contribution is 2.31. The molecule has 7 nitrogen and oxygen atoms in total. The van der Waals surface area contributed by atoms with Crippen LogP contribution in [0.3, 0.4) is 0 Å². The number of para-hydroxylation sites is 1. The van der Waals surface area contributed by atoms with Gasteiger partial charge in [0, 0.05) is 44.3 Å². The van der Waals surface area contributed by atoms with Gasteiger partial charge in [-0.25, -0.2) is 4.98 Å². The molecule has 1 aliphatic heterocycles. The van der Waals surface area contributed by atoms with Crippen LogP contribution in [-0.4, -0.2) is 63.9 Å². The Labute approximate surface area is 207 Å². The SMILES string of the molecule is CCNC[C@H](COC)Oc1cccc2ccc(C3=CN=C4C=C(OCCOC)C=CC4CC3)nc12. The van der Waals surface area contributed by atoms with Crippen LogP contribution in [0.5, 0.6) is 5.75 Å². The Morgan fingerprint density at radius 3 is 2.86 bits per heavy atom. The van der Waals surface area contributed by atoms with Crippen molar-refractivity contribution >= 4 is 22.2 Å². The number of rotatable bonds is 12. The number of fused-ring (bicyclic) bond motifs is 2. The van der Waals surface area contributed by atoms with Crippen molar-refractivity contribution in [3.63, 3.8) is 0 Å². The molecule has 7 heteroatoms. The molecular formula is C28H35N3O4. The molecule has 2 heterocycles. The second kappa shape index (κ2) is 12.6. The first-order valence-electron chi connectivity index (χ1n) is 12.3. The van der Waals surface area contributed by atoms with E-state index in [1.54, 1.807) is 14.2 Å². The minimum absolute atomic E-state index is 0.0958. The van der Waals surface area contributed by atoms with Crippen molar-refractivity contribution in [2.75, 3.05) is 47.1 Å². The van der Waals surface area contributed by atoms with Crippen LogP contribution in [0.4, 0.5) is 0 Å². The second-order valence-corrected chi connectivity index (χ2v) is 8.63. The Bertz CT molecular complexity index is 1120. The molecule has 0 saturated carbocycles. The van der Waals surface area contributed by atoms with Gasteiger partial charge in [-0.2, -0.15) is 0 Å². The third-order valence-corrected chi connectivity index (χ3v) is 6.09. The van der Waals surface area contributed by atoms with Gasteiger partial charge in [0.2, 0.25) is 0 Å².